The second-order valence-electron chi connectivity index (χ2n) is 4.16. The van der Waals surface area contributed by atoms with E-state index in [1.54, 1.807) is 13.4 Å². The number of guanidine groups is 1. The van der Waals surface area contributed by atoms with Crippen molar-refractivity contribution in [2.75, 3.05) is 40.0 Å². The topological polar surface area (TPSA) is 68.0 Å². The summed E-state index contributed by atoms with van der Waals surface area (Å²) in [6, 6.07) is 3.78. The Morgan fingerprint density at radius 3 is 2.90 bits per heavy atom. The average molecular weight is 283 g/mol. The van der Waals surface area contributed by atoms with Gasteiger partial charge in [-0.05, 0) is 25.5 Å². The molecule has 0 fully saturated rings. The summed E-state index contributed by atoms with van der Waals surface area (Å²) >= 11 is 0. The van der Waals surface area contributed by atoms with Crippen molar-refractivity contribution < 1.29 is 13.9 Å². The van der Waals surface area contributed by atoms with Crippen molar-refractivity contribution >= 4 is 5.96 Å². The zero-order chi connectivity index (χ0) is 14.5. The first-order valence-electron chi connectivity index (χ1n) is 6.98. The van der Waals surface area contributed by atoms with Crippen LogP contribution in [0.5, 0.6) is 0 Å². The molecule has 0 spiro atoms. The Morgan fingerprint density at radius 1 is 1.30 bits per heavy atom. The van der Waals surface area contributed by atoms with Gasteiger partial charge in [0.15, 0.2) is 5.96 Å². The summed E-state index contributed by atoms with van der Waals surface area (Å²) in [5.74, 6) is 1.64. The predicted octanol–water partition coefficient (Wildman–Crippen LogP) is 1.39. The summed E-state index contributed by atoms with van der Waals surface area (Å²) in [5, 5.41) is 6.45. The Morgan fingerprint density at radius 2 is 2.20 bits per heavy atom. The molecule has 114 valence electrons. The van der Waals surface area contributed by atoms with Gasteiger partial charge in [0, 0.05) is 26.8 Å². The van der Waals surface area contributed by atoms with Gasteiger partial charge < -0.3 is 24.5 Å². The van der Waals surface area contributed by atoms with Crippen LogP contribution in [-0.4, -0.2) is 46.0 Å². The van der Waals surface area contributed by atoms with Gasteiger partial charge in [-0.25, -0.2) is 4.99 Å². The van der Waals surface area contributed by atoms with Crippen molar-refractivity contribution in [2.24, 2.45) is 4.99 Å². The lowest BCUT2D eigenvalue weighted by Crippen LogP contribution is -2.38. The summed E-state index contributed by atoms with van der Waals surface area (Å²) in [5.41, 5.74) is 0. The van der Waals surface area contributed by atoms with E-state index in [9.17, 15) is 0 Å². The summed E-state index contributed by atoms with van der Waals surface area (Å²) in [6.07, 6.45) is 2.58. The van der Waals surface area contributed by atoms with Crippen LogP contribution in [0.3, 0.4) is 0 Å². The quantitative estimate of drug-likeness (QED) is 0.386. The second kappa shape index (κ2) is 11.3. The molecular weight excluding hydrogens is 258 g/mol. The second-order valence-corrected chi connectivity index (χ2v) is 4.16. The third-order valence-corrected chi connectivity index (χ3v) is 2.51. The van der Waals surface area contributed by atoms with Gasteiger partial charge in [0.05, 0.1) is 19.5 Å². The first-order valence-corrected chi connectivity index (χ1v) is 6.98. The molecule has 0 amide bonds. The molecule has 0 aliphatic carbocycles. The average Bonchev–Trinajstić information content (AvgIpc) is 2.97. The monoisotopic (exact) mass is 283 g/mol. The first kappa shape index (κ1) is 16.5. The fourth-order valence-electron chi connectivity index (χ4n) is 1.53. The number of methoxy groups -OCH3 is 1. The Balaban J connectivity index is 2.16. The van der Waals surface area contributed by atoms with Crippen LogP contribution in [0.15, 0.2) is 27.8 Å². The number of rotatable bonds is 10. The predicted molar refractivity (Wildman–Crippen MR) is 78.8 cm³/mol. The van der Waals surface area contributed by atoms with Gasteiger partial charge in [-0.2, -0.15) is 0 Å². The van der Waals surface area contributed by atoms with Crippen molar-refractivity contribution in [1.82, 2.24) is 10.6 Å². The van der Waals surface area contributed by atoms with Crippen LogP contribution in [0, 0.1) is 0 Å². The molecule has 1 rings (SSSR count). The molecule has 0 bridgehead atoms. The maximum Gasteiger partial charge on any atom is 0.191 e. The number of ether oxygens (including phenoxy) is 2. The molecule has 0 saturated carbocycles. The van der Waals surface area contributed by atoms with Crippen molar-refractivity contribution in [3.05, 3.63) is 24.2 Å². The number of hydrogen-bond acceptors (Lipinski definition) is 4. The van der Waals surface area contributed by atoms with Gasteiger partial charge in [0.25, 0.3) is 0 Å². The lowest BCUT2D eigenvalue weighted by molar-refractivity contribution is 0.0698. The van der Waals surface area contributed by atoms with E-state index in [2.05, 4.69) is 15.6 Å². The first-order chi connectivity index (χ1) is 9.86. The SMILES string of the molecule is CCNC(=NCc1ccco1)NCCCOCCOC. The molecule has 0 aliphatic rings. The molecule has 1 heterocycles. The molecule has 0 radical (unpaired) electrons. The summed E-state index contributed by atoms with van der Waals surface area (Å²) in [6.45, 7) is 6.22. The molecule has 0 saturated heterocycles. The number of furan rings is 1. The maximum atomic E-state index is 5.39. The molecule has 6 heteroatoms. The molecule has 1 aromatic rings. The molecule has 0 unspecified atom stereocenters. The van der Waals surface area contributed by atoms with E-state index in [1.807, 2.05) is 19.1 Å². The molecule has 6 nitrogen and oxygen atoms in total. The summed E-state index contributed by atoms with van der Waals surface area (Å²) in [7, 11) is 1.67. The van der Waals surface area contributed by atoms with Crippen LogP contribution in [0.4, 0.5) is 0 Å². The molecule has 2 N–H and O–H groups in total. The van der Waals surface area contributed by atoms with Gasteiger partial charge in [0.1, 0.15) is 12.3 Å². The summed E-state index contributed by atoms with van der Waals surface area (Å²) < 4.78 is 15.5. The Kier molecular flexibility index (Phi) is 9.34. The minimum atomic E-state index is 0.534. The fourth-order valence-corrected chi connectivity index (χ4v) is 1.53. The van der Waals surface area contributed by atoms with E-state index in [0.29, 0.717) is 26.4 Å². The van der Waals surface area contributed by atoms with Gasteiger partial charge in [-0.1, -0.05) is 0 Å². The Hall–Kier alpha value is -1.53. The minimum absolute atomic E-state index is 0.534. The van der Waals surface area contributed by atoms with E-state index in [0.717, 1.165) is 31.2 Å². The van der Waals surface area contributed by atoms with E-state index in [1.165, 1.54) is 0 Å². The van der Waals surface area contributed by atoms with Crippen LogP contribution in [0.2, 0.25) is 0 Å². The standard InChI is InChI=1S/C14H25N3O3/c1-3-15-14(17-12-13-6-4-9-20-13)16-7-5-8-19-11-10-18-2/h4,6,9H,3,5,7-8,10-12H2,1-2H3,(H2,15,16,17). The Labute approximate surface area is 120 Å². The van der Waals surface area contributed by atoms with Gasteiger partial charge in [0.2, 0.25) is 0 Å². The van der Waals surface area contributed by atoms with Gasteiger partial charge in [-0.3, -0.25) is 0 Å². The van der Waals surface area contributed by atoms with E-state index in [4.69, 9.17) is 13.9 Å². The number of hydrogen-bond donors (Lipinski definition) is 2. The zero-order valence-electron chi connectivity index (χ0n) is 12.4. The molecule has 0 aromatic carbocycles. The van der Waals surface area contributed by atoms with Gasteiger partial charge >= 0.3 is 0 Å². The van der Waals surface area contributed by atoms with Crippen molar-refractivity contribution in [3.63, 3.8) is 0 Å². The van der Waals surface area contributed by atoms with E-state index >= 15 is 0 Å². The highest BCUT2D eigenvalue weighted by molar-refractivity contribution is 5.79. The lowest BCUT2D eigenvalue weighted by Gasteiger charge is -2.11. The van der Waals surface area contributed by atoms with Crippen molar-refractivity contribution in [3.8, 4) is 0 Å². The molecular formula is C14H25N3O3. The van der Waals surface area contributed by atoms with Gasteiger partial charge in [-0.15, -0.1) is 0 Å². The van der Waals surface area contributed by atoms with E-state index in [-0.39, 0.29) is 0 Å². The Bertz CT molecular complexity index is 353. The third-order valence-electron chi connectivity index (χ3n) is 2.51. The smallest absolute Gasteiger partial charge is 0.191 e. The van der Waals surface area contributed by atoms with Crippen LogP contribution in [-0.2, 0) is 16.0 Å². The molecule has 20 heavy (non-hydrogen) atoms. The molecule has 1 aromatic heterocycles. The molecule has 0 aliphatic heterocycles. The van der Waals surface area contributed by atoms with Crippen LogP contribution in [0.25, 0.3) is 0 Å². The highest BCUT2D eigenvalue weighted by Crippen LogP contribution is 2.00. The van der Waals surface area contributed by atoms with Crippen LogP contribution < -0.4 is 10.6 Å². The number of aliphatic imine (C=N–C) groups is 1. The summed E-state index contributed by atoms with van der Waals surface area (Å²) in [4.78, 5) is 4.44. The minimum Gasteiger partial charge on any atom is -0.467 e. The highest BCUT2D eigenvalue weighted by atomic mass is 16.5. The van der Waals surface area contributed by atoms with Crippen LogP contribution in [0.1, 0.15) is 19.1 Å². The largest absolute Gasteiger partial charge is 0.467 e. The maximum absolute atomic E-state index is 5.39. The normalized spacial score (nSPS) is 11.6. The van der Waals surface area contributed by atoms with E-state index < -0.39 is 0 Å². The third kappa shape index (κ3) is 7.81. The molecule has 0 atom stereocenters. The zero-order valence-corrected chi connectivity index (χ0v) is 12.4. The fraction of sp³-hybridized carbons (Fsp3) is 0.643. The van der Waals surface area contributed by atoms with Crippen molar-refractivity contribution in [2.45, 2.75) is 19.9 Å². The van der Waals surface area contributed by atoms with Crippen LogP contribution >= 0.6 is 0 Å². The number of nitrogens with zero attached hydrogens (tertiary/aromatic N) is 1. The number of nitrogens with one attached hydrogen (secondary N) is 2. The van der Waals surface area contributed by atoms with Crippen molar-refractivity contribution in [1.29, 1.82) is 0 Å². The highest BCUT2D eigenvalue weighted by Gasteiger charge is 1.98. The lowest BCUT2D eigenvalue weighted by atomic mass is 10.4.